The second-order valence-electron chi connectivity index (χ2n) is 5.56. The summed E-state index contributed by atoms with van der Waals surface area (Å²) in [4.78, 5) is 24.1. The smallest absolute Gasteiger partial charge is 0.320 e. The van der Waals surface area contributed by atoms with Gasteiger partial charge in [0.15, 0.2) is 0 Å². The van der Waals surface area contributed by atoms with Crippen molar-refractivity contribution in [3.05, 3.63) is 35.9 Å². The van der Waals surface area contributed by atoms with Gasteiger partial charge in [-0.05, 0) is 32.4 Å². The molecule has 116 valence electrons. The van der Waals surface area contributed by atoms with E-state index in [-0.39, 0.29) is 5.78 Å². The first kappa shape index (κ1) is 17.4. The Morgan fingerprint density at radius 1 is 1.14 bits per heavy atom. The van der Waals surface area contributed by atoms with Gasteiger partial charge in [-0.1, -0.05) is 43.2 Å². The van der Waals surface area contributed by atoms with Crippen LogP contribution in [0.4, 0.5) is 0 Å². The number of ketones is 1. The molecule has 0 bridgehead atoms. The standard InChI is InChI=1S/C17H25NO3/c1-14(19)9-5-3-8-12-16(17(20)21)18(2)13-15-10-6-4-7-11-15/h4,6-7,10-11,16H,3,5,8-9,12-13H2,1-2H3,(H,20,21)/t16-/m0/s1. The highest BCUT2D eigenvalue weighted by atomic mass is 16.4. The van der Waals surface area contributed by atoms with Crippen LogP contribution in [0, 0.1) is 0 Å². The summed E-state index contributed by atoms with van der Waals surface area (Å²) in [6, 6.07) is 9.40. The number of benzene rings is 1. The number of carboxylic acid groups (broad SMARTS) is 1. The SMILES string of the molecule is CC(=O)CCCCC[C@@H](C(=O)O)N(C)Cc1ccccc1. The molecule has 0 aromatic heterocycles. The number of rotatable bonds is 10. The molecule has 1 N–H and O–H groups in total. The van der Waals surface area contributed by atoms with Crippen molar-refractivity contribution in [3.63, 3.8) is 0 Å². The number of Topliss-reactive ketones (excluding diaryl/α,β-unsaturated/α-hetero) is 1. The van der Waals surface area contributed by atoms with Crippen LogP contribution < -0.4 is 0 Å². The van der Waals surface area contributed by atoms with E-state index in [2.05, 4.69) is 0 Å². The van der Waals surface area contributed by atoms with E-state index < -0.39 is 12.0 Å². The number of carboxylic acids is 1. The molecule has 0 radical (unpaired) electrons. The van der Waals surface area contributed by atoms with Gasteiger partial charge < -0.3 is 9.90 Å². The Kier molecular flexibility index (Phi) is 7.69. The fourth-order valence-corrected chi connectivity index (χ4v) is 2.40. The number of hydrogen-bond donors (Lipinski definition) is 1. The third kappa shape index (κ3) is 7.04. The fraction of sp³-hybridized carbons (Fsp3) is 0.529. The summed E-state index contributed by atoms with van der Waals surface area (Å²) in [6.07, 6.45) is 3.81. The van der Waals surface area contributed by atoms with Crippen molar-refractivity contribution in [2.75, 3.05) is 7.05 Å². The minimum absolute atomic E-state index is 0.200. The van der Waals surface area contributed by atoms with Crippen LogP contribution in [0.1, 0.15) is 44.6 Å². The van der Waals surface area contributed by atoms with Gasteiger partial charge in [0.1, 0.15) is 11.8 Å². The Morgan fingerprint density at radius 2 is 1.81 bits per heavy atom. The lowest BCUT2D eigenvalue weighted by molar-refractivity contribution is -0.143. The second kappa shape index (κ2) is 9.29. The van der Waals surface area contributed by atoms with Crippen LogP contribution in [0.25, 0.3) is 0 Å². The van der Waals surface area contributed by atoms with Crippen LogP contribution in [0.2, 0.25) is 0 Å². The van der Waals surface area contributed by atoms with Gasteiger partial charge in [0, 0.05) is 13.0 Å². The zero-order valence-corrected chi connectivity index (χ0v) is 12.9. The van der Waals surface area contributed by atoms with E-state index in [0.29, 0.717) is 19.4 Å². The van der Waals surface area contributed by atoms with E-state index >= 15 is 0 Å². The van der Waals surface area contributed by atoms with Crippen LogP contribution in [0.5, 0.6) is 0 Å². The van der Waals surface area contributed by atoms with Crippen molar-refractivity contribution in [3.8, 4) is 0 Å². The highest BCUT2D eigenvalue weighted by Crippen LogP contribution is 2.13. The minimum atomic E-state index is -0.778. The number of nitrogens with zero attached hydrogens (tertiary/aromatic N) is 1. The molecule has 0 saturated heterocycles. The summed E-state index contributed by atoms with van der Waals surface area (Å²) in [5.41, 5.74) is 1.11. The maximum atomic E-state index is 11.4. The average molecular weight is 291 g/mol. The van der Waals surface area contributed by atoms with Gasteiger partial charge in [-0.3, -0.25) is 9.69 Å². The van der Waals surface area contributed by atoms with Crippen molar-refractivity contribution >= 4 is 11.8 Å². The quantitative estimate of drug-likeness (QED) is 0.673. The molecule has 21 heavy (non-hydrogen) atoms. The summed E-state index contributed by atoms with van der Waals surface area (Å²) in [5.74, 6) is -0.578. The molecule has 1 aromatic carbocycles. The van der Waals surface area contributed by atoms with Crippen LogP contribution in [-0.4, -0.2) is 34.8 Å². The zero-order valence-electron chi connectivity index (χ0n) is 12.9. The minimum Gasteiger partial charge on any atom is -0.480 e. The van der Waals surface area contributed by atoms with Crippen molar-refractivity contribution in [1.29, 1.82) is 0 Å². The number of likely N-dealkylation sites (N-methyl/N-ethyl adjacent to an activating group) is 1. The number of aliphatic carboxylic acids is 1. The molecule has 0 fully saturated rings. The molecule has 1 rings (SSSR count). The third-order valence-corrected chi connectivity index (χ3v) is 3.60. The Hall–Kier alpha value is -1.68. The Bertz CT molecular complexity index is 445. The van der Waals surface area contributed by atoms with E-state index in [0.717, 1.165) is 24.8 Å². The first-order valence-electron chi connectivity index (χ1n) is 7.47. The molecule has 0 aliphatic carbocycles. The van der Waals surface area contributed by atoms with Gasteiger partial charge in [0.25, 0.3) is 0 Å². The monoisotopic (exact) mass is 291 g/mol. The molecule has 4 heteroatoms. The zero-order chi connectivity index (χ0) is 15.7. The predicted octanol–water partition coefficient (Wildman–Crippen LogP) is 3.11. The highest BCUT2D eigenvalue weighted by Gasteiger charge is 2.21. The Balaban J connectivity index is 2.41. The lowest BCUT2D eigenvalue weighted by atomic mass is 10.0. The average Bonchev–Trinajstić information content (AvgIpc) is 2.42. The van der Waals surface area contributed by atoms with Crippen molar-refractivity contribution in [2.45, 2.75) is 51.6 Å². The van der Waals surface area contributed by atoms with Gasteiger partial charge in [-0.15, -0.1) is 0 Å². The number of hydrogen-bond acceptors (Lipinski definition) is 3. The lowest BCUT2D eigenvalue weighted by Gasteiger charge is -2.24. The number of carbonyl (C=O) groups excluding carboxylic acids is 1. The van der Waals surface area contributed by atoms with Crippen LogP contribution in [0.3, 0.4) is 0 Å². The van der Waals surface area contributed by atoms with Crippen molar-refractivity contribution in [1.82, 2.24) is 4.90 Å². The summed E-state index contributed by atoms with van der Waals surface area (Å²) in [6.45, 7) is 2.22. The third-order valence-electron chi connectivity index (χ3n) is 3.60. The van der Waals surface area contributed by atoms with E-state index in [1.165, 1.54) is 0 Å². The molecule has 0 heterocycles. The Labute approximate surface area is 126 Å². The van der Waals surface area contributed by atoms with Crippen molar-refractivity contribution in [2.24, 2.45) is 0 Å². The number of carbonyl (C=O) groups is 2. The molecule has 0 aliphatic heterocycles. The molecular formula is C17H25NO3. The number of unbranched alkanes of at least 4 members (excludes halogenated alkanes) is 2. The van der Waals surface area contributed by atoms with Gasteiger partial charge >= 0.3 is 5.97 Å². The maximum absolute atomic E-state index is 11.4. The molecular weight excluding hydrogens is 266 g/mol. The van der Waals surface area contributed by atoms with Crippen LogP contribution in [0.15, 0.2) is 30.3 Å². The normalized spacial score (nSPS) is 12.3. The summed E-state index contributed by atoms with van der Waals surface area (Å²) in [7, 11) is 1.85. The molecule has 1 aromatic rings. The topological polar surface area (TPSA) is 57.6 Å². The maximum Gasteiger partial charge on any atom is 0.320 e. The summed E-state index contributed by atoms with van der Waals surface area (Å²) >= 11 is 0. The largest absolute Gasteiger partial charge is 0.480 e. The van der Waals surface area contributed by atoms with E-state index in [1.807, 2.05) is 42.3 Å². The van der Waals surface area contributed by atoms with E-state index in [1.54, 1.807) is 6.92 Å². The van der Waals surface area contributed by atoms with Gasteiger partial charge in [0.05, 0.1) is 0 Å². The van der Waals surface area contributed by atoms with Crippen LogP contribution in [-0.2, 0) is 16.1 Å². The Morgan fingerprint density at radius 3 is 2.38 bits per heavy atom. The van der Waals surface area contributed by atoms with Crippen LogP contribution >= 0.6 is 0 Å². The van der Waals surface area contributed by atoms with Gasteiger partial charge in [0.2, 0.25) is 0 Å². The predicted molar refractivity (Wildman–Crippen MR) is 83.1 cm³/mol. The van der Waals surface area contributed by atoms with Gasteiger partial charge in [-0.2, -0.15) is 0 Å². The van der Waals surface area contributed by atoms with E-state index in [4.69, 9.17) is 0 Å². The molecule has 0 unspecified atom stereocenters. The van der Waals surface area contributed by atoms with Gasteiger partial charge in [-0.25, -0.2) is 0 Å². The van der Waals surface area contributed by atoms with Crippen molar-refractivity contribution < 1.29 is 14.7 Å². The fourth-order valence-electron chi connectivity index (χ4n) is 2.40. The lowest BCUT2D eigenvalue weighted by Crippen LogP contribution is -2.37. The molecule has 1 atom stereocenters. The highest BCUT2D eigenvalue weighted by molar-refractivity contribution is 5.75. The first-order valence-corrected chi connectivity index (χ1v) is 7.47. The second-order valence-corrected chi connectivity index (χ2v) is 5.56. The molecule has 0 saturated carbocycles. The summed E-state index contributed by atoms with van der Waals surface area (Å²) in [5, 5.41) is 9.37. The first-order chi connectivity index (χ1) is 10.0. The van der Waals surface area contributed by atoms with E-state index in [9.17, 15) is 14.7 Å². The molecule has 4 nitrogen and oxygen atoms in total. The summed E-state index contributed by atoms with van der Waals surface area (Å²) < 4.78 is 0. The molecule has 0 spiro atoms. The molecule has 0 aliphatic rings. The molecule has 0 amide bonds.